The topological polar surface area (TPSA) is 64.6 Å². The lowest BCUT2D eigenvalue weighted by molar-refractivity contribution is -0.115. The van der Waals surface area contributed by atoms with Gasteiger partial charge in [0.15, 0.2) is 11.5 Å². The number of halogens is 1. The number of thioether (sulfide) groups is 1. The number of ether oxygens (including phenoxy) is 2. The van der Waals surface area contributed by atoms with Crippen LogP contribution in [0.3, 0.4) is 0 Å². The summed E-state index contributed by atoms with van der Waals surface area (Å²) in [7, 11) is 1.56. The fourth-order valence-corrected chi connectivity index (χ4v) is 3.02. The minimum absolute atomic E-state index is 0.346. The van der Waals surface area contributed by atoms with Crippen LogP contribution >= 0.6 is 23.4 Å². The summed E-state index contributed by atoms with van der Waals surface area (Å²) < 4.78 is 11.1. The molecule has 1 N–H and O–H groups in total. The van der Waals surface area contributed by atoms with E-state index in [0.29, 0.717) is 28.0 Å². The highest BCUT2D eigenvalue weighted by Gasteiger charge is 2.25. The Morgan fingerprint density at radius 2 is 1.88 bits per heavy atom. The Labute approximate surface area is 154 Å². The van der Waals surface area contributed by atoms with Gasteiger partial charge in [-0.2, -0.15) is 0 Å². The summed E-state index contributed by atoms with van der Waals surface area (Å²) in [6, 6.07) is 12.7. The van der Waals surface area contributed by atoms with Crippen LogP contribution in [0, 0.1) is 0 Å². The van der Waals surface area contributed by atoms with Gasteiger partial charge >= 0.3 is 0 Å². The predicted octanol–water partition coefficient (Wildman–Crippen LogP) is 4.25. The van der Waals surface area contributed by atoms with Gasteiger partial charge in [-0.3, -0.25) is 14.9 Å². The molecule has 7 heteroatoms. The first-order chi connectivity index (χ1) is 12.0. The zero-order valence-corrected chi connectivity index (χ0v) is 14.8. The molecule has 0 bridgehead atoms. The summed E-state index contributed by atoms with van der Waals surface area (Å²) >= 11 is 6.75. The number of rotatable bonds is 5. The van der Waals surface area contributed by atoms with Gasteiger partial charge in [-0.25, -0.2) is 0 Å². The van der Waals surface area contributed by atoms with Crippen LogP contribution in [0.2, 0.25) is 5.02 Å². The van der Waals surface area contributed by atoms with Gasteiger partial charge in [0, 0.05) is 5.02 Å². The number of carbonyl (C=O) groups excluding carboxylic acids is 2. The number of nitrogens with one attached hydrogen (secondary N) is 1. The van der Waals surface area contributed by atoms with E-state index in [1.54, 1.807) is 43.5 Å². The Balaban J connectivity index is 1.80. The molecule has 3 rings (SSSR count). The Hall–Kier alpha value is -2.44. The molecule has 1 heterocycles. The number of imide groups is 1. The maximum Gasteiger partial charge on any atom is 0.290 e. The van der Waals surface area contributed by atoms with E-state index >= 15 is 0 Å². The van der Waals surface area contributed by atoms with Crippen LogP contribution in [-0.2, 0) is 11.4 Å². The number of hydrogen-bond acceptors (Lipinski definition) is 5. The molecular formula is C18H14ClNO4S. The molecule has 0 radical (unpaired) electrons. The molecule has 2 aromatic carbocycles. The van der Waals surface area contributed by atoms with Crippen molar-refractivity contribution in [3.8, 4) is 11.5 Å². The molecule has 0 spiro atoms. The molecule has 2 aromatic rings. The van der Waals surface area contributed by atoms with Crippen LogP contribution in [-0.4, -0.2) is 18.3 Å². The molecule has 25 heavy (non-hydrogen) atoms. The number of carbonyl (C=O) groups is 2. The van der Waals surface area contributed by atoms with Gasteiger partial charge in [-0.15, -0.1) is 0 Å². The van der Waals surface area contributed by atoms with Gasteiger partial charge in [-0.1, -0.05) is 29.8 Å². The maximum absolute atomic E-state index is 11.6. The van der Waals surface area contributed by atoms with E-state index in [-0.39, 0.29) is 5.24 Å². The molecule has 0 saturated carbocycles. The fraction of sp³-hybridized carbons (Fsp3) is 0.111. The van der Waals surface area contributed by atoms with Gasteiger partial charge in [0.05, 0.1) is 12.0 Å². The summed E-state index contributed by atoms with van der Waals surface area (Å²) in [4.78, 5) is 23.2. The normalized spacial score (nSPS) is 15.4. The van der Waals surface area contributed by atoms with Gasteiger partial charge < -0.3 is 9.47 Å². The Morgan fingerprint density at radius 1 is 1.12 bits per heavy atom. The predicted molar refractivity (Wildman–Crippen MR) is 97.9 cm³/mol. The molecular weight excluding hydrogens is 362 g/mol. The lowest BCUT2D eigenvalue weighted by Crippen LogP contribution is -2.17. The molecule has 0 unspecified atom stereocenters. The second-order valence-electron chi connectivity index (χ2n) is 5.18. The zero-order valence-electron chi connectivity index (χ0n) is 13.2. The second-order valence-corrected chi connectivity index (χ2v) is 6.63. The Kier molecular flexibility index (Phi) is 5.31. The Morgan fingerprint density at radius 3 is 2.52 bits per heavy atom. The third kappa shape index (κ3) is 4.35. The van der Waals surface area contributed by atoms with Crippen molar-refractivity contribution in [2.24, 2.45) is 0 Å². The van der Waals surface area contributed by atoms with Crippen molar-refractivity contribution in [1.29, 1.82) is 0 Å². The maximum atomic E-state index is 11.6. The molecule has 1 aliphatic rings. The first-order valence-corrected chi connectivity index (χ1v) is 8.55. The van der Waals surface area contributed by atoms with Crippen molar-refractivity contribution in [1.82, 2.24) is 5.32 Å². The average Bonchev–Trinajstić information content (AvgIpc) is 2.92. The number of methoxy groups -OCH3 is 1. The number of amides is 2. The third-order valence-electron chi connectivity index (χ3n) is 3.44. The zero-order chi connectivity index (χ0) is 17.8. The first kappa shape index (κ1) is 17.4. The van der Waals surface area contributed by atoms with Crippen LogP contribution < -0.4 is 14.8 Å². The summed E-state index contributed by atoms with van der Waals surface area (Å²) in [5.74, 6) is 0.728. The summed E-state index contributed by atoms with van der Waals surface area (Å²) in [5, 5.41) is 2.52. The smallest absolute Gasteiger partial charge is 0.290 e. The molecule has 0 aromatic heterocycles. The molecule has 1 fully saturated rings. The third-order valence-corrected chi connectivity index (χ3v) is 4.50. The summed E-state index contributed by atoms with van der Waals surface area (Å²) in [5.41, 5.74) is 1.70. The second kappa shape index (κ2) is 7.63. The van der Waals surface area contributed by atoms with Crippen molar-refractivity contribution < 1.29 is 19.1 Å². The molecule has 1 aliphatic heterocycles. The minimum Gasteiger partial charge on any atom is -0.493 e. The monoisotopic (exact) mass is 375 g/mol. The number of benzene rings is 2. The van der Waals surface area contributed by atoms with E-state index in [0.717, 1.165) is 22.9 Å². The minimum atomic E-state index is -0.394. The van der Waals surface area contributed by atoms with Gasteiger partial charge in [0.1, 0.15) is 6.61 Å². The standard InChI is InChI=1S/C18H14ClNO4S/c1-23-14-7-4-12(9-16-17(21)20-18(22)25-16)8-15(14)24-10-11-2-5-13(19)6-3-11/h2-9H,10H2,1H3,(H,20,21,22)/b16-9-. The highest BCUT2D eigenvalue weighted by molar-refractivity contribution is 8.18. The molecule has 5 nitrogen and oxygen atoms in total. The largest absolute Gasteiger partial charge is 0.493 e. The summed E-state index contributed by atoms with van der Waals surface area (Å²) in [6.45, 7) is 0.348. The van der Waals surface area contributed by atoms with Gasteiger partial charge in [0.2, 0.25) is 0 Å². The van der Waals surface area contributed by atoms with Crippen LogP contribution in [0.5, 0.6) is 11.5 Å². The van der Waals surface area contributed by atoms with E-state index in [1.807, 2.05) is 12.1 Å². The van der Waals surface area contributed by atoms with Crippen molar-refractivity contribution in [2.45, 2.75) is 6.61 Å². The van der Waals surface area contributed by atoms with Crippen molar-refractivity contribution >= 4 is 40.6 Å². The van der Waals surface area contributed by atoms with Gasteiger partial charge in [-0.05, 0) is 53.2 Å². The lowest BCUT2D eigenvalue weighted by Gasteiger charge is -2.12. The van der Waals surface area contributed by atoms with Crippen LogP contribution in [0.4, 0.5) is 4.79 Å². The quantitative estimate of drug-likeness (QED) is 0.791. The van der Waals surface area contributed by atoms with E-state index in [9.17, 15) is 9.59 Å². The Bertz CT molecular complexity index is 849. The van der Waals surface area contributed by atoms with Crippen molar-refractivity contribution in [2.75, 3.05) is 7.11 Å². The highest BCUT2D eigenvalue weighted by atomic mass is 35.5. The van der Waals surface area contributed by atoms with E-state index in [1.165, 1.54) is 0 Å². The van der Waals surface area contributed by atoms with E-state index in [4.69, 9.17) is 21.1 Å². The first-order valence-electron chi connectivity index (χ1n) is 7.35. The van der Waals surface area contributed by atoms with Crippen LogP contribution in [0.1, 0.15) is 11.1 Å². The van der Waals surface area contributed by atoms with Crippen molar-refractivity contribution in [3.63, 3.8) is 0 Å². The molecule has 0 aliphatic carbocycles. The molecule has 128 valence electrons. The fourth-order valence-electron chi connectivity index (χ4n) is 2.21. The van der Waals surface area contributed by atoms with Gasteiger partial charge in [0.25, 0.3) is 11.1 Å². The number of hydrogen-bond donors (Lipinski definition) is 1. The van der Waals surface area contributed by atoms with Crippen molar-refractivity contribution in [3.05, 3.63) is 63.5 Å². The average molecular weight is 376 g/mol. The SMILES string of the molecule is COc1ccc(/C=C2\SC(=O)NC2=O)cc1OCc1ccc(Cl)cc1. The van der Waals surface area contributed by atoms with Crippen LogP contribution in [0.15, 0.2) is 47.4 Å². The molecule has 0 atom stereocenters. The molecule has 2 amide bonds. The molecule has 1 saturated heterocycles. The highest BCUT2D eigenvalue weighted by Crippen LogP contribution is 2.32. The van der Waals surface area contributed by atoms with E-state index < -0.39 is 5.91 Å². The lowest BCUT2D eigenvalue weighted by atomic mass is 10.2. The summed E-state index contributed by atoms with van der Waals surface area (Å²) in [6.07, 6.45) is 1.64. The van der Waals surface area contributed by atoms with E-state index in [2.05, 4.69) is 5.32 Å². The van der Waals surface area contributed by atoms with Crippen LogP contribution in [0.25, 0.3) is 6.08 Å².